The van der Waals surface area contributed by atoms with Gasteiger partial charge in [0, 0.05) is 5.57 Å². The molecule has 9 heavy (non-hydrogen) atoms. The molecule has 1 radical (unpaired) electrons. The molecule has 0 aromatic heterocycles. The Labute approximate surface area is 54.9 Å². The van der Waals surface area contributed by atoms with Crippen LogP contribution in [0.15, 0.2) is 11.8 Å². The molecule has 53 valence electrons. The number of rotatable bonds is 2. The molecule has 0 unspecified atom stereocenters. The van der Waals surface area contributed by atoms with Crippen LogP contribution in [0.25, 0.3) is 0 Å². The maximum atomic E-state index is 9.75. The monoisotopic (exact) mass is 131 g/mol. The molecule has 0 heterocycles. The lowest BCUT2D eigenvalue weighted by Gasteiger charge is -1.84. The second-order valence-corrected chi connectivity index (χ2v) is 1.22. The summed E-state index contributed by atoms with van der Waals surface area (Å²) in [5.41, 5.74) is 0.600. The van der Waals surface area contributed by atoms with E-state index >= 15 is 0 Å². The Balaban J connectivity index is 0. The number of hydrogen-bond donors (Lipinski definition) is 0. The average molecular weight is 131 g/mol. The van der Waals surface area contributed by atoms with Gasteiger partial charge < -0.3 is 4.74 Å². The first kappa shape index (κ1) is 11.0. The van der Waals surface area contributed by atoms with Gasteiger partial charge in [-0.15, -0.1) is 0 Å². The summed E-state index contributed by atoms with van der Waals surface area (Å²) in [5, 5.41) is 8.25. The van der Waals surface area contributed by atoms with Crippen molar-refractivity contribution in [3.63, 3.8) is 0 Å². The third-order valence-electron chi connectivity index (χ3n) is 0.490. The highest BCUT2D eigenvalue weighted by atomic mass is 16.5. The summed E-state index contributed by atoms with van der Waals surface area (Å²) in [7, 11) is 2.26. The minimum Gasteiger partial charge on any atom is -0.504 e. The van der Waals surface area contributed by atoms with E-state index in [0.29, 0.717) is 5.57 Å². The van der Waals surface area contributed by atoms with E-state index in [9.17, 15) is 4.79 Å². The lowest BCUT2D eigenvalue weighted by atomic mass is 10.4. The highest BCUT2D eigenvalue weighted by Crippen LogP contribution is 1.82. The van der Waals surface area contributed by atoms with E-state index in [1.807, 2.05) is 0 Å². The molecule has 0 saturated carbocycles. The molecule has 0 aromatic rings. The molecule has 0 rings (SSSR count). The summed E-state index contributed by atoms with van der Waals surface area (Å²) >= 11 is 0. The predicted octanol–water partition coefficient (Wildman–Crippen LogP) is 0.782. The summed E-state index contributed by atoms with van der Waals surface area (Å²) in [5.74, 6) is 0. The second kappa shape index (κ2) is 10.2. The molecule has 0 saturated heterocycles. The van der Waals surface area contributed by atoms with Gasteiger partial charge in [0.2, 0.25) is 0 Å². The van der Waals surface area contributed by atoms with E-state index in [-0.39, 0.29) is 0 Å². The highest BCUT2D eigenvalue weighted by molar-refractivity contribution is 5.71. The standard InChI is InChI=1S/C5H8O2.CH3O/c1-5(3-6)4-7-2;1-2/h3-4H,1-2H3;1H3. The maximum absolute atomic E-state index is 9.75. The number of aldehydes is 1. The molecule has 0 bridgehead atoms. The molecule has 3 heteroatoms. The lowest BCUT2D eigenvalue weighted by Crippen LogP contribution is -1.75. The minimum absolute atomic E-state index is 0.600. The minimum atomic E-state index is 0.600. The number of ether oxygens (including phenoxy) is 1. The number of methoxy groups -OCH3 is 1. The topological polar surface area (TPSA) is 46.2 Å². The first-order valence-electron chi connectivity index (χ1n) is 2.37. The van der Waals surface area contributed by atoms with Crippen LogP contribution in [0.1, 0.15) is 6.92 Å². The van der Waals surface area contributed by atoms with Crippen LogP contribution in [0.3, 0.4) is 0 Å². The number of carbonyl (C=O) groups excluding carboxylic acids is 1. The highest BCUT2D eigenvalue weighted by Gasteiger charge is 1.77. The third kappa shape index (κ3) is 11.0. The summed E-state index contributed by atoms with van der Waals surface area (Å²) in [6.07, 6.45) is 2.14. The molecule has 0 aliphatic heterocycles. The van der Waals surface area contributed by atoms with Gasteiger partial charge in [0.1, 0.15) is 6.29 Å². The Morgan fingerprint density at radius 2 is 1.89 bits per heavy atom. The fraction of sp³-hybridized carbons (Fsp3) is 0.500. The van der Waals surface area contributed by atoms with Crippen molar-refractivity contribution in [2.45, 2.75) is 6.92 Å². The largest absolute Gasteiger partial charge is 0.504 e. The van der Waals surface area contributed by atoms with E-state index in [0.717, 1.165) is 13.4 Å². The SMILES string of the molecule is COC=C(C)C=O.C[O]. The average Bonchev–Trinajstić information content (AvgIpc) is 1.93. The van der Waals surface area contributed by atoms with Crippen LogP contribution >= 0.6 is 0 Å². The van der Waals surface area contributed by atoms with E-state index in [4.69, 9.17) is 5.11 Å². The van der Waals surface area contributed by atoms with Crippen molar-refractivity contribution in [3.8, 4) is 0 Å². The zero-order valence-corrected chi connectivity index (χ0v) is 5.88. The summed E-state index contributed by atoms with van der Waals surface area (Å²) in [6.45, 7) is 1.68. The van der Waals surface area contributed by atoms with Gasteiger partial charge in [-0.3, -0.25) is 4.79 Å². The summed E-state index contributed by atoms with van der Waals surface area (Å²) < 4.78 is 4.50. The van der Waals surface area contributed by atoms with Crippen molar-refractivity contribution < 1.29 is 14.6 Å². The van der Waals surface area contributed by atoms with Crippen molar-refractivity contribution in [1.82, 2.24) is 0 Å². The summed E-state index contributed by atoms with van der Waals surface area (Å²) in [4.78, 5) is 9.75. The number of carbonyl (C=O) groups is 1. The van der Waals surface area contributed by atoms with Crippen molar-refractivity contribution in [1.29, 1.82) is 0 Å². The van der Waals surface area contributed by atoms with E-state index < -0.39 is 0 Å². The molecule has 3 nitrogen and oxygen atoms in total. The smallest absolute Gasteiger partial charge is 0.148 e. The normalized spacial score (nSPS) is 9.11. The van der Waals surface area contributed by atoms with Crippen molar-refractivity contribution in [2.75, 3.05) is 14.2 Å². The Kier molecular flexibility index (Phi) is 12.5. The van der Waals surface area contributed by atoms with Crippen LogP contribution in [0.2, 0.25) is 0 Å². The zero-order chi connectivity index (χ0) is 7.70. The quantitative estimate of drug-likeness (QED) is 0.316. The van der Waals surface area contributed by atoms with Crippen molar-refractivity contribution in [2.24, 2.45) is 0 Å². The van der Waals surface area contributed by atoms with E-state index in [2.05, 4.69) is 4.74 Å². The maximum Gasteiger partial charge on any atom is 0.148 e. The van der Waals surface area contributed by atoms with E-state index in [1.54, 1.807) is 6.92 Å². The van der Waals surface area contributed by atoms with Crippen molar-refractivity contribution >= 4 is 6.29 Å². The van der Waals surface area contributed by atoms with Crippen LogP contribution in [-0.4, -0.2) is 20.5 Å². The van der Waals surface area contributed by atoms with Crippen LogP contribution < -0.4 is 0 Å². The molecule has 0 aromatic carbocycles. The van der Waals surface area contributed by atoms with E-state index in [1.165, 1.54) is 13.4 Å². The van der Waals surface area contributed by atoms with Crippen molar-refractivity contribution in [3.05, 3.63) is 11.8 Å². The second-order valence-electron chi connectivity index (χ2n) is 1.22. The molecule has 0 N–H and O–H groups in total. The van der Waals surface area contributed by atoms with Gasteiger partial charge in [0.25, 0.3) is 0 Å². The van der Waals surface area contributed by atoms with Crippen LogP contribution in [0.4, 0.5) is 0 Å². The Bertz CT molecular complexity index is 86.3. The first-order chi connectivity index (χ1) is 4.31. The van der Waals surface area contributed by atoms with Gasteiger partial charge in [0.05, 0.1) is 20.5 Å². The molecule has 0 fully saturated rings. The van der Waals surface area contributed by atoms with Gasteiger partial charge in [-0.25, -0.2) is 5.11 Å². The number of hydrogen-bond acceptors (Lipinski definition) is 2. The number of allylic oxidation sites excluding steroid dienone is 1. The molecule has 0 amide bonds. The third-order valence-corrected chi connectivity index (χ3v) is 0.490. The first-order valence-corrected chi connectivity index (χ1v) is 2.37. The Morgan fingerprint density at radius 3 is 2.00 bits per heavy atom. The fourth-order valence-corrected chi connectivity index (χ4v) is 0.214. The lowest BCUT2D eigenvalue weighted by molar-refractivity contribution is -0.105. The van der Waals surface area contributed by atoms with Gasteiger partial charge in [-0.2, -0.15) is 0 Å². The van der Waals surface area contributed by atoms with Gasteiger partial charge in [-0.1, -0.05) is 0 Å². The Hall–Kier alpha value is -0.830. The van der Waals surface area contributed by atoms with Gasteiger partial charge >= 0.3 is 0 Å². The molecular weight excluding hydrogens is 120 g/mol. The van der Waals surface area contributed by atoms with Gasteiger partial charge in [0.15, 0.2) is 0 Å². The fourth-order valence-electron chi connectivity index (χ4n) is 0.214. The van der Waals surface area contributed by atoms with Gasteiger partial charge in [-0.05, 0) is 6.92 Å². The summed E-state index contributed by atoms with van der Waals surface area (Å²) in [6, 6.07) is 0. The van der Waals surface area contributed by atoms with Crippen LogP contribution in [0, 0.1) is 0 Å². The molecule has 0 aliphatic carbocycles. The molecule has 0 spiro atoms. The zero-order valence-electron chi connectivity index (χ0n) is 5.88. The van der Waals surface area contributed by atoms with Crippen LogP contribution in [-0.2, 0) is 14.6 Å². The molecular formula is C6H11O3. The molecule has 0 aliphatic rings. The van der Waals surface area contributed by atoms with Crippen LogP contribution in [0.5, 0.6) is 0 Å². The predicted molar refractivity (Wildman–Crippen MR) is 33.4 cm³/mol. The Morgan fingerprint density at radius 1 is 1.44 bits per heavy atom. The molecule has 0 atom stereocenters.